The Morgan fingerprint density at radius 1 is 1.42 bits per heavy atom. The van der Waals surface area contributed by atoms with Gasteiger partial charge < -0.3 is 5.32 Å². The van der Waals surface area contributed by atoms with Crippen LogP contribution in [-0.2, 0) is 4.79 Å². The highest BCUT2D eigenvalue weighted by Gasteiger charge is 1.99. The first-order valence-corrected chi connectivity index (χ1v) is 3.91. The van der Waals surface area contributed by atoms with Gasteiger partial charge in [0.1, 0.15) is 0 Å². The van der Waals surface area contributed by atoms with Crippen LogP contribution in [0.3, 0.4) is 0 Å². The zero-order chi connectivity index (χ0) is 7.98. The molecule has 2 heteroatoms. The first-order chi connectivity index (χ1) is 4.66. The molecule has 1 amide bonds. The van der Waals surface area contributed by atoms with Crippen LogP contribution in [0.4, 0.5) is 0 Å². The molecule has 0 aromatic carbocycles. The topological polar surface area (TPSA) is 29.1 Å². The summed E-state index contributed by atoms with van der Waals surface area (Å²) in [5.41, 5.74) is 0. The summed E-state index contributed by atoms with van der Waals surface area (Å²) in [5, 5.41) is 2.79. The van der Waals surface area contributed by atoms with Gasteiger partial charge in [0.2, 0.25) is 5.91 Å². The predicted molar refractivity (Wildman–Crippen MR) is 56.2 cm³/mol. The summed E-state index contributed by atoms with van der Waals surface area (Å²) >= 11 is 0. The van der Waals surface area contributed by atoms with Crippen LogP contribution in [0, 0.1) is 5.92 Å². The lowest BCUT2D eigenvalue weighted by Crippen LogP contribution is -2.25. The first-order valence-electron chi connectivity index (χ1n) is 3.91. The summed E-state index contributed by atoms with van der Waals surface area (Å²) in [5.74, 6) is 0.692. The molecule has 0 aliphatic rings. The molecular weight excluding hydrogens is 150 g/mol. The van der Waals surface area contributed by atoms with Gasteiger partial charge in [-0.05, 0) is 12.3 Å². The highest BCUT2D eigenvalue weighted by Crippen LogP contribution is 2.01. The van der Waals surface area contributed by atoms with Crippen LogP contribution in [0.25, 0.3) is 0 Å². The second kappa shape index (κ2) is 10.5. The zero-order valence-electron chi connectivity index (χ0n) is 7.11. The van der Waals surface area contributed by atoms with Crippen molar-refractivity contribution in [1.82, 2.24) is 5.32 Å². The highest BCUT2D eigenvalue weighted by atomic mass is 16.1. The largest absolute Gasteiger partial charge is 0.356 e. The van der Waals surface area contributed by atoms with Crippen molar-refractivity contribution in [2.24, 2.45) is 5.92 Å². The lowest BCUT2D eigenvalue weighted by Gasteiger charge is -2.09. The van der Waals surface area contributed by atoms with E-state index in [0.717, 1.165) is 6.54 Å². The number of nitrogens with one attached hydrogen (secondary N) is 1. The van der Waals surface area contributed by atoms with Gasteiger partial charge in [0.05, 0.1) is 0 Å². The van der Waals surface area contributed by atoms with Crippen molar-refractivity contribution >= 4 is 5.91 Å². The molecule has 0 aromatic rings. The Balaban J connectivity index is -0.000000405. The Bertz CT molecular complexity index is 102. The van der Waals surface area contributed by atoms with E-state index in [1.54, 1.807) is 6.92 Å². The molecular formula is C10H25NO. The van der Waals surface area contributed by atoms with E-state index in [0.29, 0.717) is 5.92 Å². The van der Waals surface area contributed by atoms with Crippen molar-refractivity contribution in [2.45, 2.75) is 48.5 Å². The van der Waals surface area contributed by atoms with Gasteiger partial charge in [0.15, 0.2) is 0 Å². The third-order valence-corrected chi connectivity index (χ3v) is 1.48. The van der Waals surface area contributed by atoms with E-state index in [1.807, 2.05) is 0 Å². The van der Waals surface area contributed by atoms with Gasteiger partial charge in [-0.15, -0.1) is 0 Å². The summed E-state index contributed by atoms with van der Waals surface area (Å²) in [6.07, 6.45) is 2.39. The SMILES string of the molecule is C.C.CCCC(C)CNC(C)=O. The standard InChI is InChI=1S/C8H17NO.2CH4/c1-4-5-7(2)6-9-8(3)10;;/h7H,4-6H2,1-3H3,(H,9,10);2*1H4. The molecule has 0 aliphatic carbocycles. The van der Waals surface area contributed by atoms with Gasteiger partial charge in [-0.25, -0.2) is 0 Å². The molecule has 0 saturated carbocycles. The van der Waals surface area contributed by atoms with Crippen LogP contribution in [0.15, 0.2) is 0 Å². The molecule has 12 heavy (non-hydrogen) atoms. The van der Waals surface area contributed by atoms with Crippen molar-refractivity contribution in [3.63, 3.8) is 0 Å². The highest BCUT2D eigenvalue weighted by molar-refractivity contribution is 5.72. The van der Waals surface area contributed by atoms with Crippen molar-refractivity contribution < 1.29 is 4.79 Å². The molecule has 0 bridgehead atoms. The van der Waals surface area contributed by atoms with Gasteiger partial charge >= 0.3 is 0 Å². The minimum Gasteiger partial charge on any atom is -0.356 e. The maximum atomic E-state index is 10.4. The molecule has 1 atom stereocenters. The molecule has 0 aliphatic heterocycles. The lowest BCUT2D eigenvalue weighted by molar-refractivity contribution is -0.119. The number of hydrogen-bond acceptors (Lipinski definition) is 1. The Morgan fingerprint density at radius 3 is 2.25 bits per heavy atom. The average molecular weight is 175 g/mol. The van der Waals surface area contributed by atoms with Crippen LogP contribution in [0.1, 0.15) is 48.5 Å². The van der Waals surface area contributed by atoms with Crippen LogP contribution in [0.2, 0.25) is 0 Å². The van der Waals surface area contributed by atoms with Crippen LogP contribution < -0.4 is 5.32 Å². The molecule has 76 valence electrons. The van der Waals surface area contributed by atoms with Crippen molar-refractivity contribution in [2.75, 3.05) is 6.54 Å². The molecule has 2 nitrogen and oxygen atoms in total. The van der Waals surface area contributed by atoms with Crippen LogP contribution in [-0.4, -0.2) is 12.5 Å². The molecule has 0 rings (SSSR count). The van der Waals surface area contributed by atoms with Gasteiger partial charge in [-0.1, -0.05) is 35.1 Å². The van der Waals surface area contributed by atoms with Crippen LogP contribution in [0.5, 0.6) is 0 Å². The molecule has 0 radical (unpaired) electrons. The minimum absolute atomic E-state index is 0. The molecule has 0 fully saturated rings. The van der Waals surface area contributed by atoms with E-state index in [1.165, 1.54) is 12.8 Å². The zero-order valence-corrected chi connectivity index (χ0v) is 7.11. The summed E-state index contributed by atoms with van der Waals surface area (Å²) in [7, 11) is 0. The third kappa shape index (κ3) is 12.2. The fourth-order valence-electron chi connectivity index (χ4n) is 0.913. The van der Waals surface area contributed by atoms with E-state index in [4.69, 9.17) is 0 Å². The fourth-order valence-corrected chi connectivity index (χ4v) is 0.913. The summed E-state index contributed by atoms with van der Waals surface area (Å²) in [6, 6.07) is 0. The summed E-state index contributed by atoms with van der Waals surface area (Å²) in [6.45, 7) is 6.69. The minimum atomic E-state index is 0. The van der Waals surface area contributed by atoms with Crippen LogP contribution >= 0.6 is 0 Å². The van der Waals surface area contributed by atoms with E-state index < -0.39 is 0 Å². The van der Waals surface area contributed by atoms with Crippen molar-refractivity contribution in [3.8, 4) is 0 Å². The van der Waals surface area contributed by atoms with Crippen molar-refractivity contribution in [3.05, 3.63) is 0 Å². The van der Waals surface area contributed by atoms with Gasteiger partial charge in [-0.2, -0.15) is 0 Å². The fraction of sp³-hybridized carbons (Fsp3) is 0.900. The van der Waals surface area contributed by atoms with E-state index in [-0.39, 0.29) is 20.8 Å². The Hall–Kier alpha value is -0.530. The maximum Gasteiger partial charge on any atom is 0.216 e. The van der Waals surface area contributed by atoms with E-state index in [9.17, 15) is 4.79 Å². The first kappa shape index (κ1) is 17.5. The van der Waals surface area contributed by atoms with Gasteiger partial charge in [0, 0.05) is 13.5 Å². The van der Waals surface area contributed by atoms with Crippen molar-refractivity contribution in [1.29, 1.82) is 0 Å². The number of amides is 1. The Labute approximate surface area is 77.7 Å². The molecule has 0 spiro atoms. The lowest BCUT2D eigenvalue weighted by atomic mass is 10.1. The summed E-state index contributed by atoms with van der Waals surface area (Å²) in [4.78, 5) is 10.4. The third-order valence-electron chi connectivity index (χ3n) is 1.48. The Morgan fingerprint density at radius 2 is 1.92 bits per heavy atom. The van der Waals surface area contributed by atoms with Gasteiger partial charge in [0.25, 0.3) is 0 Å². The van der Waals surface area contributed by atoms with Gasteiger partial charge in [-0.3, -0.25) is 4.79 Å². The number of rotatable bonds is 4. The summed E-state index contributed by atoms with van der Waals surface area (Å²) < 4.78 is 0. The average Bonchev–Trinajstić information content (AvgIpc) is 1.85. The smallest absolute Gasteiger partial charge is 0.216 e. The molecule has 1 N–H and O–H groups in total. The Kier molecular flexibility index (Phi) is 15.3. The van der Waals surface area contributed by atoms with E-state index >= 15 is 0 Å². The number of carbonyl (C=O) groups is 1. The molecule has 0 saturated heterocycles. The predicted octanol–water partition coefficient (Wildman–Crippen LogP) is 2.83. The maximum absolute atomic E-state index is 10.4. The normalized spacial score (nSPS) is 10.6. The van der Waals surface area contributed by atoms with E-state index in [2.05, 4.69) is 19.2 Å². The molecule has 0 aromatic heterocycles. The number of carbonyl (C=O) groups excluding carboxylic acids is 1. The second-order valence-corrected chi connectivity index (χ2v) is 2.83. The monoisotopic (exact) mass is 175 g/mol. The molecule has 0 heterocycles. The number of hydrogen-bond donors (Lipinski definition) is 1. The quantitative estimate of drug-likeness (QED) is 0.699. The molecule has 1 unspecified atom stereocenters. The second-order valence-electron chi connectivity index (χ2n) is 2.83.